The Labute approximate surface area is 177 Å². The second kappa shape index (κ2) is 8.16. The largest absolute Gasteiger partial charge is 0.296 e. The van der Waals surface area contributed by atoms with E-state index in [9.17, 15) is 9.59 Å². The fourth-order valence-electron chi connectivity index (χ4n) is 3.21. The molecule has 0 unspecified atom stereocenters. The average molecular weight is 420 g/mol. The van der Waals surface area contributed by atoms with Crippen LogP contribution in [0, 0.1) is 12.8 Å². The van der Waals surface area contributed by atoms with Crippen molar-refractivity contribution in [2.45, 2.75) is 27.2 Å². The molecule has 30 heavy (non-hydrogen) atoms. The van der Waals surface area contributed by atoms with Gasteiger partial charge in [0.05, 0.1) is 16.6 Å². The van der Waals surface area contributed by atoms with Gasteiger partial charge in [-0.3, -0.25) is 19.5 Å². The highest BCUT2D eigenvalue weighted by Crippen LogP contribution is 2.19. The molecule has 1 N–H and O–H groups in total. The first-order chi connectivity index (χ1) is 14.4. The summed E-state index contributed by atoms with van der Waals surface area (Å²) in [4.78, 5) is 30.0. The second-order valence-electron chi connectivity index (χ2n) is 7.42. The van der Waals surface area contributed by atoms with Gasteiger partial charge in [-0.2, -0.15) is 0 Å². The lowest BCUT2D eigenvalue weighted by molar-refractivity contribution is 0.102. The van der Waals surface area contributed by atoms with Crippen LogP contribution in [-0.2, 0) is 6.42 Å². The van der Waals surface area contributed by atoms with E-state index in [-0.39, 0.29) is 11.5 Å². The Bertz CT molecular complexity index is 1270. The predicted octanol–water partition coefficient (Wildman–Crippen LogP) is 4.00. The smallest absolute Gasteiger partial charge is 0.265 e. The Hall–Kier alpha value is -3.39. The average Bonchev–Trinajstić information content (AvgIpc) is 3.14. The number of hydrogen-bond acceptors (Lipinski definition) is 6. The molecule has 152 valence electrons. The molecule has 0 radical (unpaired) electrons. The molecule has 2 heterocycles. The van der Waals surface area contributed by atoms with E-state index in [0.717, 1.165) is 11.4 Å². The minimum absolute atomic E-state index is 0.137. The van der Waals surface area contributed by atoms with E-state index in [1.54, 1.807) is 41.8 Å². The highest BCUT2D eigenvalue weighted by molar-refractivity contribution is 7.15. The normalized spacial score (nSPS) is 11.2. The standard InChI is InChI=1S/C22H21N5O2S/c1-13(2)12-19-25-26-22(30-19)24-20(28)15-8-10-16(11-9-15)27-14(3)23-18-7-5-4-6-17(18)21(27)29/h4-11,13H,12H2,1-3H3,(H,24,26,28). The van der Waals surface area contributed by atoms with Crippen LogP contribution in [-0.4, -0.2) is 25.7 Å². The van der Waals surface area contributed by atoms with E-state index in [1.807, 2.05) is 18.2 Å². The molecule has 0 saturated carbocycles. The lowest BCUT2D eigenvalue weighted by Crippen LogP contribution is -2.22. The number of rotatable bonds is 5. The number of hydrogen-bond donors (Lipinski definition) is 1. The van der Waals surface area contributed by atoms with E-state index in [1.165, 1.54) is 11.3 Å². The van der Waals surface area contributed by atoms with Gasteiger partial charge in [0.25, 0.3) is 11.5 Å². The van der Waals surface area contributed by atoms with Crippen molar-refractivity contribution in [3.8, 4) is 5.69 Å². The first-order valence-electron chi connectivity index (χ1n) is 9.65. The molecule has 0 saturated heterocycles. The van der Waals surface area contributed by atoms with Gasteiger partial charge >= 0.3 is 0 Å². The van der Waals surface area contributed by atoms with Crippen LogP contribution >= 0.6 is 11.3 Å². The minimum Gasteiger partial charge on any atom is -0.296 e. The van der Waals surface area contributed by atoms with Crippen molar-refractivity contribution in [2.75, 3.05) is 5.32 Å². The SMILES string of the molecule is Cc1nc2ccccc2c(=O)n1-c1ccc(C(=O)Nc2nnc(CC(C)C)s2)cc1. The van der Waals surface area contributed by atoms with Crippen molar-refractivity contribution in [3.63, 3.8) is 0 Å². The van der Waals surface area contributed by atoms with Gasteiger partial charge in [-0.15, -0.1) is 10.2 Å². The van der Waals surface area contributed by atoms with Crippen LogP contribution in [0.5, 0.6) is 0 Å². The predicted molar refractivity (Wildman–Crippen MR) is 118 cm³/mol. The maximum atomic E-state index is 12.9. The monoisotopic (exact) mass is 419 g/mol. The van der Waals surface area contributed by atoms with Crippen molar-refractivity contribution in [1.29, 1.82) is 0 Å². The fraction of sp³-hybridized carbons (Fsp3) is 0.227. The summed E-state index contributed by atoms with van der Waals surface area (Å²) in [6.45, 7) is 6.01. The van der Waals surface area contributed by atoms with Crippen molar-refractivity contribution in [3.05, 3.63) is 75.3 Å². The van der Waals surface area contributed by atoms with Crippen LogP contribution in [0.2, 0.25) is 0 Å². The van der Waals surface area contributed by atoms with Crippen molar-refractivity contribution in [2.24, 2.45) is 5.92 Å². The Morgan fingerprint density at radius 2 is 1.83 bits per heavy atom. The summed E-state index contributed by atoms with van der Waals surface area (Å²) in [7, 11) is 0. The molecule has 1 amide bonds. The molecule has 8 heteroatoms. The molecule has 2 aromatic heterocycles. The molecule has 0 bridgehead atoms. The summed E-state index contributed by atoms with van der Waals surface area (Å²) >= 11 is 1.38. The lowest BCUT2D eigenvalue weighted by atomic mass is 10.1. The van der Waals surface area contributed by atoms with Crippen LogP contribution in [0.1, 0.15) is 35.0 Å². The molecule has 7 nitrogen and oxygen atoms in total. The number of benzene rings is 2. The number of fused-ring (bicyclic) bond motifs is 1. The Morgan fingerprint density at radius 1 is 1.10 bits per heavy atom. The lowest BCUT2D eigenvalue weighted by Gasteiger charge is -2.11. The zero-order valence-electron chi connectivity index (χ0n) is 16.9. The molecule has 0 aliphatic carbocycles. The van der Waals surface area contributed by atoms with E-state index in [4.69, 9.17) is 0 Å². The van der Waals surface area contributed by atoms with Crippen molar-refractivity contribution < 1.29 is 4.79 Å². The molecule has 4 rings (SSSR count). The number of carbonyl (C=O) groups excluding carboxylic acids is 1. The molecule has 2 aromatic carbocycles. The topological polar surface area (TPSA) is 89.8 Å². The zero-order chi connectivity index (χ0) is 21.3. The van der Waals surface area contributed by atoms with E-state index in [0.29, 0.717) is 39.0 Å². The number of aromatic nitrogens is 4. The number of anilines is 1. The van der Waals surface area contributed by atoms with E-state index >= 15 is 0 Å². The van der Waals surface area contributed by atoms with Gasteiger partial charge in [0.15, 0.2) is 0 Å². The zero-order valence-corrected chi connectivity index (χ0v) is 17.7. The van der Waals surface area contributed by atoms with Gasteiger partial charge in [-0.25, -0.2) is 4.98 Å². The Kier molecular flexibility index (Phi) is 5.41. The highest BCUT2D eigenvalue weighted by atomic mass is 32.1. The second-order valence-corrected chi connectivity index (χ2v) is 8.48. The maximum absolute atomic E-state index is 12.9. The number of aryl methyl sites for hydroxylation is 1. The minimum atomic E-state index is -0.269. The summed E-state index contributed by atoms with van der Waals surface area (Å²) in [5.41, 5.74) is 1.66. The highest BCUT2D eigenvalue weighted by Gasteiger charge is 2.13. The number of nitrogens with one attached hydrogen (secondary N) is 1. The molecule has 0 aliphatic heterocycles. The summed E-state index contributed by atoms with van der Waals surface area (Å²) in [6, 6.07) is 14.1. The molecule has 4 aromatic rings. The maximum Gasteiger partial charge on any atom is 0.265 e. The van der Waals surface area contributed by atoms with Gasteiger partial charge in [0.1, 0.15) is 10.8 Å². The third kappa shape index (κ3) is 3.99. The fourth-order valence-corrected chi connectivity index (χ4v) is 4.16. The molecule has 0 spiro atoms. The Morgan fingerprint density at radius 3 is 2.57 bits per heavy atom. The van der Waals surface area contributed by atoms with Crippen LogP contribution in [0.4, 0.5) is 5.13 Å². The first-order valence-corrected chi connectivity index (χ1v) is 10.5. The summed E-state index contributed by atoms with van der Waals surface area (Å²) in [6.07, 6.45) is 0.829. The van der Waals surface area contributed by atoms with Crippen molar-refractivity contribution >= 4 is 33.3 Å². The molecule has 0 fully saturated rings. The molecule has 0 aliphatic rings. The number of nitrogens with zero attached hydrogens (tertiary/aromatic N) is 4. The molecular weight excluding hydrogens is 398 g/mol. The summed E-state index contributed by atoms with van der Waals surface area (Å²) in [5.74, 6) is 0.794. The van der Waals surface area contributed by atoms with Gasteiger partial charge in [0, 0.05) is 12.0 Å². The third-order valence-electron chi connectivity index (χ3n) is 4.60. The molecule has 0 atom stereocenters. The summed E-state index contributed by atoms with van der Waals surface area (Å²) < 4.78 is 1.55. The first kappa shape index (κ1) is 19.9. The summed E-state index contributed by atoms with van der Waals surface area (Å²) in [5, 5.41) is 12.9. The van der Waals surface area contributed by atoms with Crippen LogP contribution in [0.15, 0.2) is 53.3 Å². The van der Waals surface area contributed by atoms with Crippen LogP contribution in [0.3, 0.4) is 0 Å². The third-order valence-corrected chi connectivity index (χ3v) is 5.46. The van der Waals surface area contributed by atoms with E-state index in [2.05, 4.69) is 34.3 Å². The van der Waals surface area contributed by atoms with Crippen LogP contribution < -0.4 is 10.9 Å². The Balaban J connectivity index is 1.57. The quantitative estimate of drug-likeness (QED) is 0.528. The number of amides is 1. The van der Waals surface area contributed by atoms with E-state index < -0.39 is 0 Å². The van der Waals surface area contributed by atoms with Crippen LogP contribution in [0.25, 0.3) is 16.6 Å². The van der Waals surface area contributed by atoms with Crippen molar-refractivity contribution in [1.82, 2.24) is 19.7 Å². The van der Waals surface area contributed by atoms with Gasteiger partial charge < -0.3 is 0 Å². The number of para-hydroxylation sites is 1. The van der Waals surface area contributed by atoms with Gasteiger partial charge in [-0.05, 0) is 49.2 Å². The van der Waals surface area contributed by atoms with Gasteiger partial charge in [-0.1, -0.05) is 37.3 Å². The molecular formula is C22H21N5O2S. The van der Waals surface area contributed by atoms with Gasteiger partial charge in [0.2, 0.25) is 5.13 Å². The number of carbonyl (C=O) groups is 1.